The molecule has 1 aromatic rings. The molecule has 1 aromatic carbocycles. The van der Waals surface area contributed by atoms with E-state index < -0.39 is 0 Å². The maximum atomic E-state index is 14.0. The van der Waals surface area contributed by atoms with Crippen LogP contribution in [0, 0.1) is 5.82 Å². The molecule has 0 amide bonds. The Labute approximate surface area is 120 Å². The average Bonchev–Trinajstić information content (AvgIpc) is 2.48. The topological polar surface area (TPSA) is 32.5 Å². The number of piperazine rings is 1. The van der Waals surface area contributed by atoms with Crippen molar-refractivity contribution in [3.05, 3.63) is 24.0 Å². The van der Waals surface area contributed by atoms with Gasteiger partial charge < -0.3 is 10.6 Å². The van der Waals surface area contributed by atoms with Crippen molar-refractivity contribution in [1.82, 2.24) is 4.90 Å². The lowest BCUT2D eigenvalue weighted by Gasteiger charge is -2.41. The van der Waals surface area contributed by atoms with Crippen LogP contribution in [0.4, 0.5) is 15.8 Å². The number of anilines is 2. The van der Waals surface area contributed by atoms with Gasteiger partial charge in [-0.25, -0.2) is 4.39 Å². The second kappa shape index (κ2) is 6.00. The molecule has 3 nitrogen and oxygen atoms in total. The molecule has 1 aliphatic carbocycles. The Morgan fingerprint density at radius 2 is 1.70 bits per heavy atom. The van der Waals surface area contributed by atoms with Gasteiger partial charge in [0.15, 0.2) is 0 Å². The highest BCUT2D eigenvalue weighted by molar-refractivity contribution is 5.54. The van der Waals surface area contributed by atoms with Crippen LogP contribution in [0.1, 0.15) is 32.1 Å². The molecular weight excluding hydrogens is 253 g/mol. The minimum atomic E-state index is -0.198. The van der Waals surface area contributed by atoms with Gasteiger partial charge >= 0.3 is 0 Å². The van der Waals surface area contributed by atoms with Gasteiger partial charge in [0, 0.05) is 37.9 Å². The first kappa shape index (κ1) is 13.7. The van der Waals surface area contributed by atoms with E-state index >= 15 is 0 Å². The van der Waals surface area contributed by atoms with E-state index in [-0.39, 0.29) is 5.82 Å². The lowest BCUT2D eigenvalue weighted by atomic mass is 9.94. The molecule has 2 N–H and O–H groups in total. The smallest absolute Gasteiger partial charge is 0.148 e. The van der Waals surface area contributed by atoms with Crippen LogP contribution in [0.15, 0.2) is 18.2 Å². The van der Waals surface area contributed by atoms with E-state index in [4.69, 9.17) is 5.73 Å². The second-order valence-corrected chi connectivity index (χ2v) is 6.03. The largest absolute Gasteiger partial charge is 0.399 e. The van der Waals surface area contributed by atoms with E-state index in [2.05, 4.69) is 9.80 Å². The van der Waals surface area contributed by atoms with E-state index in [1.165, 1.54) is 38.2 Å². The first-order chi connectivity index (χ1) is 9.74. The van der Waals surface area contributed by atoms with E-state index in [0.717, 1.165) is 32.2 Å². The maximum absolute atomic E-state index is 14.0. The number of hydrogen-bond donors (Lipinski definition) is 1. The van der Waals surface area contributed by atoms with Crippen molar-refractivity contribution in [2.45, 2.75) is 38.1 Å². The zero-order valence-electron chi connectivity index (χ0n) is 12.0. The minimum Gasteiger partial charge on any atom is -0.399 e. The van der Waals surface area contributed by atoms with Crippen molar-refractivity contribution in [1.29, 1.82) is 0 Å². The van der Waals surface area contributed by atoms with Crippen molar-refractivity contribution in [3.63, 3.8) is 0 Å². The molecule has 0 aromatic heterocycles. The van der Waals surface area contributed by atoms with Gasteiger partial charge in [0.25, 0.3) is 0 Å². The number of nitrogen functional groups attached to an aromatic ring is 1. The zero-order valence-corrected chi connectivity index (χ0v) is 12.0. The van der Waals surface area contributed by atoms with Gasteiger partial charge in [-0.3, -0.25) is 4.90 Å². The molecule has 1 saturated carbocycles. The third-order valence-corrected chi connectivity index (χ3v) is 4.72. The molecule has 1 heterocycles. The molecule has 0 radical (unpaired) electrons. The Balaban J connectivity index is 1.60. The van der Waals surface area contributed by atoms with Crippen LogP contribution in [-0.4, -0.2) is 37.1 Å². The Hall–Kier alpha value is -1.29. The third-order valence-electron chi connectivity index (χ3n) is 4.72. The van der Waals surface area contributed by atoms with Crippen molar-refractivity contribution in [2.75, 3.05) is 36.8 Å². The van der Waals surface area contributed by atoms with E-state index in [1.54, 1.807) is 12.1 Å². The van der Waals surface area contributed by atoms with Gasteiger partial charge in [-0.2, -0.15) is 0 Å². The van der Waals surface area contributed by atoms with E-state index in [1.807, 2.05) is 0 Å². The predicted molar refractivity (Wildman–Crippen MR) is 81.5 cm³/mol. The molecule has 4 heteroatoms. The highest BCUT2D eigenvalue weighted by atomic mass is 19.1. The fourth-order valence-corrected chi connectivity index (χ4v) is 3.55. The van der Waals surface area contributed by atoms with Crippen molar-refractivity contribution >= 4 is 11.4 Å². The van der Waals surface area contributed by atoms with Gasteiger partial charge in [0.1, 0.15) is 5.82 Å². The Kier molecular flexibility index (Phi) is 4.10. The van der Waals surface area contributed by atoms with Crippen LogP contribution < -0.4 is 10.6 Å². The lowest BCUT2D eigenvalue weighted by molar-refractivity contribution is 0.147. The normalized spacial score (nSPS) is 22.1. The van der Waals surface area contributed by atoms with Gasteiger partial charge in [0.2, 0.25) is 0 Å². The molecular formula is C16H24FN3. The molecule has 1 aliphatic heterocycles. The lowest BCUT2D eigenvalue weighted by Crippen LogP contribution is -2.51. The summed E-state index contributed by atoms with van der Waals surface area (Å²) in [6.45, 7) is 3.93. The number of hydrogen-bond acceptors (Lipinski definition) is 3. The summed E-state index contributed by atoms with van der Waals surface area (Å²) >= 11 is 0. The van der Waals surface area contributed by atoms with Crippen LogP contribution in [0.2, 0.25) is 0 Å². The summed E-state index contributed by atoms with van der Waals surface area (Å²) < 4.78 is 14.0. The number of nitrogens with zero attached hydrogens (tertiary/aromatic N) is 2. The second-order valence-electron chi connectivity index (χ2n) is 6.03. The summed E-state index contributed by atoms with van der Waals surface area (Å²) in [6.07, 6.45) is 6.83. The molecule has 20 heavy (non-hydrogen) atoms. The highest BCUT2D eigenvalue weighted by Crippen LogP contribution is 2.26. The van der Waals surface area contributed by atoms with E-state index in [0.29, 0.717) is 11.4 Å². The summed E-state index contributed by atoms with van der Waals surface area (Å²) in [4.78, 5) is 4.75. The highest BCUT2D eigenvalue weighted by Gasteiger charge is 2.25. The van der Waals surface area contributed by atoms with Gasteiger partial charge in [0.05, 0.1) is 5.69 Å². The van der Waals surface area contributed by atoms with Crippen molar-refractivity contribution < 1.29 is 4.39 Å². The molecule has 110 valence electrons. The predicted octanol–water partition coefficient (Wildman–Crippen LogP) is 2.86. The third kappa shape index (κ3) is 2.90. The number of nitrogens with two attached hydrogens (primary N) is 1. The van der Waals surface area contributed by atoms with Gasteiger partial charge in [-0.1, -0.05) is 19.3 Å². The zero-order chi connectivity index (χ0) is 13.9. The van der Waals surface area contributed by atoms with Crippen LogP contribution in [0.25, 0.3) is 0 Å². The summed E-state index contributed by atoms with van der Waals surface area (Å²) in [7, 11) is 0. The molecule has 1 saturated heterocycles. The number of benzene rings is 1. The monoisotopic (exact) mass is 277 g/mol. The molecule has 2 aliphatic rings. The molecule has 3 rings (SSSR count). The standard InChI is InChI=1S/C16H24FN3/c17-15-12-13(18)6-7-16(15)20-10-8-19(9-11-20)14-4-2-1-3-5-14/h6-7,12,14H,1-5,8-11,18H2. The number of halogens is 1. The summed E-state index contributed by atoms with van der Waals surface area (Å²) in [5, 5.41) is 0. The Morgan fingerprint density at radius 3 is 2.35 bits per heavy atom. The maximum Gasteiger partial charge on any atom is 0.148 e. The van der Waals surface area contributed by atoms with Gasteiger partial charge in [-0.05, 0) is 31.0 Å². The summed E-state index contributed by atoms with van der Waals surface area (Å²) in [5.74, 6) is -0.198. The van der Waals surface area contributed by atoms with Crippen LogP contribution in [0.3, 0.4) is 0 Å². The SMILES string of the molecule is Nc1ccc(N2CCN(C3CCCCC3)CC2)c(F)c1. The van der Waals surface area contributed by atoms with Crippen LogP contribution in [0.5, 0.6) is 0 Å². The molecule has 0 unspecified atom stereocenters. The first-order valence-corrected chi connectivity index (χ1v) is 7.78. The molecule has 2 fully saturated rings. The summed E-state index contributed by atoms with van der Waals surface area (Å²) in [6, 6.07) is 5.78. The Bertz CT molecular complexity index is 449. The summed E-state index contributed by atoms with van der Waals surface area (Å²) in [5.41, 5.74) is 6.80. The number of rotatable bonds is 2. The van der Waals surface area contributed by atoms with Crippen LogP contribution >= 0.6 is 0 Å². The fraction of sp³-hybridized carbons (Fsp3) is 0.625. The van der Waals surface area contributed by atoms with Gasteiger partial charge in [-0.15, -0.1) is 0 Å². The molecule has 0 bridgehead atoms. The van der Waals surface area contributed by atoms with Crippen molar-refractivity contribution in [2.24, 2.45) is 0 Å². The van der Waals surface area contributed by atoms with Crippen LogP contribution in [-0.2, 0) is 0 Å². The first-order valence-electron chi connectivity index (χ1n) is 7.78. The van der Waals surface area contributed by atoms with Crippen molar-refractivity contribution in [3.8, 4) is 0 Å². The fourth-order valence-electron chi connectivity index (χ4n) is 3.55. The molecule has 0 atom stereocenters. The minimum absolute atomic E-state index is 0.198. The molecule has 0 spiro atoms. The Morgan fingerprint density at radius 1 is 1.00 bits per heavy atom. The average molecular weight is 277 g/mol. The quantitative estimate of drug-likeness (QED) is 0.844. The van der Waals surface area contributed by atoms with E-state index in [9.17, 15) is 4.39 Å².